The zero-order chi connectivity index (χ0) is 18.7. The molecule has 146 valence electrons. The largest absolute Gasteiger partial charge is 0.356 e. The summed E-state index contributed by atoms with van der Waals surface area (Å²) in [6.45, 7) is 4.87. The summed E-state index contributed by atoms with van der Waals surface area (Å²) in [5.41, 5.74) is 1.07. The minimum absolute atomic E-state index is 0.287. The van der Waals surface area contributed by atoms with Gasteiger partial charge in [0.2, 0.25) is 5.95 Å². The van der Waals surface area contributed by atoms with Crippen molar-refractivity contribution in [3.8, 4) is 0 Å². The molecule has 3 rings (SSSR count). The quantitative estimate of drug-likeness (QED) is 0.790. The molecule has 2 fully saturated rings. The van der Waals surface area contributed by atoms with Crippen molar-refractivity contribution in [1.29, 1.82) is 0 Å². The second-order valence-corrected chi connectivity index (χ2v) is 9.93. The van der Waals surface area contributed by atoms with Crippen molar-refractivity contribution >= 4 is 21.6 Å². The molecule has 0 aliphatic carbocycles. The van der Waals surface area contributed by atoms with E-state index in [2.05, 4.69) is 28.2 Å². The van der Waals surface area contributed by atoms with E-state index in [0.29, 0.717) is 17.5 Å². The topological polar surface area (TPSA) is 78.4 Å². The summed E-state index contributed by atoms with van der Waals surface area (Å²) in [6, 6.07) is 2.57. The van der Waals surface area contributed by atoms with Crippen LogP contribution in [-0.4, -0.2) is 69.7 Å². The maximum atomic E-state index is 11.6. The highest BCUT2D eigenvalue weighted by atomic mass is 32.2. The lowest BCUT2D eigenvalue weighted by atomic mass is 10.0. The van der Waals surface area contributed by atoms with E-state index in [0.717, 1.165) is 62.8 Å². The van der Waals surface area contributed by atoms with Crippen LogP contribution in [0.15, 0.2) is 6.07 Å². The van der Waals surface area contributed by atoms with Gasteiger partial charge in [0.15, 0.2) is 9.84 Å². The molecule has 7 nitrogen and oxygen atoms in total. The van der Waals surface area contributed by atoms with E-state index in [1.165, 1.54) is 0 Å². The van der Waals surface area contributed by atoms with Crippen LogP contribution in [0.25, 0.3) is 0 Å². The number of sulfone groups is 1. The van der Waals surface area contributed by atoms with Crippen molar-refractivity contribution in [2.45, 2.75) is 38.6 Å². The molecule has 2 aliphatic heterocycles. The Balaban J connectivity index is 1.53. The monoisotopic (exact) mass is 381 g/mol. The SMILES string of the molecule is CCc1cc(N2CCC(NCC3CCS(=O)(=O)C3)CC2)nc(N(C)C)n1. The van der Waals surface area contributed by atoms with Crippen LogP contribution >= 0.6 is 0 Å². The van der Waals surface area contributed by atoms with Crippen molar-refractivity contribution in [3.63, 3.8) is 0 Å². The first kappa shape index (κ1) is 19.4. The molecule has 0 bridgehead atoms. The Morgan fingerprint density at radius 2 is 1.96 bits per heavy atom. The van der Waals surface area contributed by atoms with Gasteiger partial charge in [-0.1, -0.05) is 6.92 Å². The van der Waals surface area contributed by atoms with Gasteiger partial charge in [-0.25, -0.2) is 13.4 Å². The lowest BCUT2D eigenvalue weighted by Crippen LogP contribution is -2.44. The van der Waals surface area contributed by atoms with E-state index in [-0.39, 0.29) is 5.92 Å². The van der Waals surface area contributed by atoms with E-state index in [1.807, 2.05) is 19.0 Å². The smallest absolute Gasteiger partial charge is 0.227 e. The third-order valence-corrected chi connectivity index (χ3v) is 7.19. The number of aryl methyl sites for hydroxylation is 1. The fourth-order valence-electron chi connectivity index (χ4n) is 3.69. The van der Waals surface area contributed by atoms with Crippen LogP contribution in [0.3, 0.4) is 0 Å². The fraction of sp³-hybridized carbons (Fsp3) is 0.778. The molecule has 8 heteroatoms. The molecule has 26 heavy (non-hydrogen) atoms. The minimum atomic E-state index is -2.78. The molecule has 0 spiro atoms. The lowest BCUT2D eigenvalue weighted by Gasteiger charge is -2.34. The van der Waals surface area contributed by atoms with Gasteiger partial charge in [-0.3, -0.25) is 0 Å². The van der Waals surface area contributed by atoms with Crippen molar-refractivity contribution in [2.75, 3.05) is 55.0 Å². The summed E-state index contributed by atoms with van der Waals surface area (Å²) in [7, 11) is 1.16. The van der Waals surface area contributed by atoms with Gasteiger partial charge < -0.3 is 15.1 Å². The first-order valence-corrected chi connectivity index (χ1v) is 11.4. The summed E-state index contributed by atoms with van der Waals surface area (Å²) in [6.07, 6.45) is 3.82. The average Bonchev–Trinajstić information content (AvgIpc) is 2.99. The van der Waals surface area contributed by atoms with Gasteiger partial charge in [0.1, 0.15) is 5.82 Å². The lowest BCUT2D eigenvalue weighted by molar-refractivity contribution is 0.385. The van der Waals surface area contributed by atoms with E-state index < -0.39 is 9.84 Å². The predicted octanol–water partition coefficient (Wildman–Crippen LogP) is 1.10. The second kappa shape index (κ2) is 8.08. The first-order chi connectivity index (χ1) is 12.4. The van der Waals surface area contributed by atoms with Crippen molar-refractivity contribution in [3.05, 3.63) is 11.8 Å². The maximum Gasteiger partial charge on any atom is 0.227 e. The predicted molar refractivity (Wildman–Crippen MR) is 106 cm³/mol. The molecule has 1 unspecified atom stereocenters. The number of piperidine rings is 1. The highest BCUT2D eigenvalue weighted by Crippen LogP contribution is 2.22. The second-order valence-electron chi connectivity index (χ2n) is 7.70. The molecule has 2 aliphatic rings. The summed E-state index contributed by atoms with van der Waals surface area (Å²) >= 11 is 0. The number of rotatable bonds is 6. The number of hydrogen-bond donors (Lipinski definition) is 1. The van der Waals surface area contributed by atoms with Gasteiger partial charge in [0, 0.05) is 45.0 Å². The number of anilines is 2. The standard InChI is InChI=1S/C18H31N5O2S/c1-4-15-11-17(21-18(20-15)22(2)3)23-8-5-16(6-9-23)19-12-14-7-10-26(24,25)13-14/h11,14,16,19H,4-10,12-13H2,1-3H3. The molecule has 1 N–H and O–H groups in total. The molecule has 0 saturated carbocycles. The van der Waals surface area contributed by atoms with Crippen LogP contribution < -0.4 is 15.1 Å². The van der Waals surface area contributed by atoms with E-state index in [9.17, 15) is 8.42 Å². The molecule has 0 aromatic carbocycles. The Labute approximate surface area is 157 Å². The van der Waals surface area contributed by atoms with Crippen LogP contribution in [0.5, 0.6) is 0 Å². The highest BCUT2D eigenvalue weighted by molar-refractivity contribution is 7.91. The van der Waals surface area contributed by atoms with Crippen molar-refractivity contribution in [2.24, 2.45) is 5.92 Å². The summed E-state index contributed by atoms with van der Waals surface area (Å²) in [5, 5.41) is 3.59. The van der Waals surface area contributed by atoms with Gasteiger partial charge in [-0.15, -0.1) is 0 Å². The third-order valence-electron chi connectivity index (χ3n) is 5.36. The van der Waals surface area contributed by atoms with Crippen molar-refractivity contribution < 1.29 is 8.42 Å². The van der Waals surface area contributed by atoms with Gasteiger partial charge >= 0.3 is 0 Å². The zero-order valence-electron chi connectivity index (χ0n) is 16.1. The van der Waals surface area contributed by atoms with Gasteiger partial charge in [-0.2, -0.15) is 4.98 Å². The van der Waals surface area contributed by atoms with Gasteiger partial charge in [0.05, 0.1) is 11.5 Å². The Hall–Kier alpha value is -1.41. The molecular formula is C18H31N5O2S. The van der Waals surface area contributed by atoms with Crippen LogP contribution in [0.1, 0.15) is 31.9 Å². The molecule has 0 radical (unpaired) electrons. The number of nitrogens with one attached hydrogen (secondary N) is 1. The number of hydrogen-bond acceptors (Lipinski definition) is 7. The van der Waals surface area contributed by atoms with E-state index in [1.54, 1.807) is 0 Å². The normalized spacial score (nSPS) is 23.3. The minimum Gasteiger partial charge on any atom is -0.356 e. The van der Waals surface area contributed by atoms with Crippen LogP contribution in [0.2, 0.25) is 0 Å². The average molecular weight is 382 g/mol. The molecular weight excluding hydrogens is 350 g/mol. The Morgan fingerprint density at radius 1 is 1.23 bits per heavy atom. The first-order valence-electron chi connectivity index (χ1n) is 9.60. The van der Waals surface area contributed by atoms with Crippen LogP contribution in [-0.2, 0) is 16.3 Å². The summed E-state index contributed by atoms with van der Waals surface area (Å²) in [4.78, 5) is 13.6. The fourth-order valence-corrected chi connectivity index (χ4v) is 5.55. The third kappa shape index (κ3) is 4.85. The van der Waals surface area contributed by atoms with Gasteiger partial charge in [-0.05, 0) is 38.1 Å². The molecule has 1 atom stereocenters. The number of nitrogens with zero attached hydrogens (tertiary/aromatic N) is 4. The van der Waals surface area contributed by atoms with Crippen LogP contribution in [0.4, 0.5) is 11.8 Å². The summed E-state index contributed by atoms with van der Waals surface area (Å²) in [5.74, 6) is 2.78. The van der Waals surface area contributed by atoms with E-state index >= 15 is 0 Å². The molecule has 3 heterocycles. The van der Waals surface area contributed by atoms with Crippen molar-refractivity contribution in [1.82, 2.24) is 15.3 Å². The Bertz CT molecular complexity index is 714. The maximum absolute atomic E-state index is 11.6. The number of aromatic nitrogens is 2. The molecule has 1 aromatic heterocycles. The molecule has 0 amide bonds. The highest BCUT2D eigenvalue weighted by Gasteiger charge is 2.29. The molecule has 1 aromatic rings. The Morgan fingerprint density at radius 3 is 2.54 bits per heavy atom. The van der Waals surface area contributed by atoms with Crippen LogP contribution in [0, 0.1) is 5.92 Å². The Kier molecular flexibility index (Phi) is 6.02. The zero-order valence-corrected chi connectivity index (χ0v) is 16.9. The molecule has 2 saturated heterocycles. The van der Waals surface area contributed by atoms with Gasteiger partial charge in [0.25, 0.3) is 0 Å². The van der Waals surface area contributed by atoms with E-state index in [4.69, 9.17) is 4.98 Å². The summed E-state index contributed by atoms with van der Waals surface area (Å²) < 4.78 is 23.1.